The van der Waals surface area contributed by atoms with Gasteiger partial charge in [0.15, 0.2) is 12.0 Å². The van der Waals surface area contributed by atoms with E-state index >= 15 is 0 Å². The zero-order valence-corrected chi connectivity index (χ0v) is 10.2. The Balaban J connectivity index is 1.76. The molecular weight excluding hydrogens is 214 g/mol. The van der Waals surface area contributed by atoms with Gasteiger partial charge in [-0.2, -0.15) is 0 Å². The third kappa shape index (κ3) is 2.13. The van der Waals surface area contributed by atoms with Gasteiger partial charge < -0.3 is 15.1 Å². The first-order valence-electron chi connectivity index (χ1n) is 5.97. The maximum absolute atomic E-state index is 5.30. The topological polar surface area (TPSA) is 50.1 Å². The lowest BCUT2D eigenvalue weighted by Crippen LogP contribution is -2.31. The molecule has 1 unspecified atom stereocenters. The summed E-state index contributed by atoms with van der Waals surface area (Å²) in [5.74, 6) is 0. The first-order valence-corrected chi connectivity index (χ1v) is 5.97. The normalized spacial score (nSPS) is 23.1. The summed E-state index contributed by atoms with van der Waals surface area (Å²) in [4.78, 5) is 4.11. The van der Waals surface area contributed by atoms with E-state index in [2.05, 4.69) is 35.5 Å². The van der Waals surface area contributed by atoms with Crippen LogP contribution in [0.5, 0.6) is 0 Å². The lowest BCUT2D eigenvalue weighted by atomic mass is 10.0. The molecule has 0 spiro atoms. The molecule has 90 valence electrons. The van der Waals surface area contributed by atoms with Gasteiger partial charge in [-0.05, 0) is 32.4 Å². The third-order valence-corrected chi connectivity index (χ3v) is 3.29. The zero-order chi connectivity index (χ0) is 11.9. The Hall–Kier alpha value is -1.55. The van der Waals surface area contributed by atoms with Gasteiger partial charge in [-0.3, -0.25) is 0 Å². The molecule has 1 atom stereocenters. The minimum atomic E-state index is 0.230. The molecule has 4 heteroatoms. The average Bonchev–Trinajstić information content (AvgIpc) is 2.84. The Morgan fingerprint density at radius 1 is 1.47 bits per heavy atom. The Morgan fingerprint density at radius 2 is 2.35 bits per heavy atom. The second-order valence-electron chi connectivity index (χ2n) is 5.35. The minimum absolute atomic E-state index is 0.230. The number of oxazole rings is 1. The largest absolute Gasteiger partial charge is 0.443 e. The molecule has 0 saturated carbocycles. The van der Waals surface area contributed by atoms with E-state index in [-0.39, 0.29) is 5.54 Å². The highest BCUT2D eigenvalue weighted by molar-refractivity contribution is 5.76. The second kappa shape index (κ2) is 3.74. The predicted molar refractivity (Wildman–Crippen MR) is 68.1 cm³/mol. The van der Waals surface area contributed by atoms with Crippen molar-refractivity contribution in [2.24, 2.45) is 0 Å². The van der Waals surface area contributed by atoms with E-state index in [4.69, 9.17) is 4.42 Å². The summed E-state index contributed by atoms with van der Waals surface area (Å²) in [6.07, 6.45) is 2.61. The minimum Gasteiger partial charge on any atom is -0.443 e. The van der Waals surface area contributed by atoms with Gasteiger partial charge in [0.1, 0.15) is 5.52 Å². The van der Waals surface area contributed by atoms with Gasteiger partial charge in [-0.25, -0.2) is 4.98 Å². The second-order valence-corrected chi connectivity index (χ2v) is 5.35. The molecule has 17 heavy (non-hydrogen) atoms. The average molecular weight is 231 g/mol. The van der Waals surface area contributed by atoms with Crippen LogP contribution in [0.3, 0.4) is 0 Å². The molecule has 1 aromatic carbocycles. The number of fused-ring (bicyclic) bond motifs is 1. The molecule has 1 aliphatic rings. The molecule has 1 fully saturated rings. The summed E-state index contributed by atoms with van der Waals surface area (Å²) < 4.78 is 5.30. The highest BCUT2D eigenvalue weighted by atomic mass is 16.3. The molecule has 2 heterocycles. The molecule has 1 aromatic heterocycles. The zero-order valence-electron chi connectivity index (χ0n) is 10.2. The van der Waals surface area contributed by atoms with E-state index in [0.29, 0.717) is 6.04 Å². The van der Waals surface area contributed by atoms with Crippen LogP contribution in [0.4, 0.5) is 5.69 Å². The third-order valence-electron chi connectivity index (χ3n) is 3.29. The van der Waals surface area contributed by atoms with Crippen molar-refractivity contribution in [1.29, 1.82) is 0 Å². The molecule has 0 bridgehead atoms. The predicted octanol–water partition coefficient (Wildman–Crippen LogP) is 2.38. The molecule has 0 aliphatic carbocycles. The summed E-state index contributed by atoms with van der Waals surface area (Å²) in [6, 6.07) is 6.52. The quantitative estimate of drug-likeness (QED) is 0.833. The Morgan fingerprint density at radius 3 is 3.12 bits per heavy atom. The van der Waals surface area contributed by atoms with E-state index in [1.54, 1.807) is 0 Å². The van der Waals surface area contributed by atoms with Gasteiger partial charge in [0.2, 0.25) is 0 Å². The van der Waals surface area contributed by atoms with Crippen molar-refractivity contribution in [3.63, 3.8) is 0 Å². The fraction of sp³-hybridized carbons (Fsp3) is 0.462. The van der Waals surface area contributed by atoms with E-state index in [0.717, 1.165) is 29.8 Å². The Bertz CT molecular complexity index is 532. The molecule has 0 amide bonds. The molecule has 3 rings (SSSR count). The van der Waals surface area contributed by atoms with E-state index < -0.39 is 0 Å². The summed E-state index contributed by atoms with van der Waals surface area (Å²) in [7, 11) is 0. The first kappa shape index (κ1) is 10.6. The number of hydrogen-bond donors (Lipinski definition) is 2. The van der Waals surface area contributed by atoms with Crippen LogP contribution in [0.25, 0.3) is 11.1 Å². The van der Waals surface area contributed by atoms with E-state index in [9.17, 15) is 0 Å². The van der Waals surface area contributed by atoms with Crippen molar-refractivity contribution in [3.8, 4) is 0 Å². The Kier molecular flexibility index (Phi) is 2.33. The number of aromatic nitrogens is 1. The van der Waals surface area contributed by atoms with Crippen molar-refractivity contribution >= 4 is 16.8 Å². The van der Waals surface area contributed by atoms with Gasteiger partial charge in [-0.15, -0.1) is 0 Å². The standard InChI is InChI=1S/C13H17N3O/c1-13(2)6-10(7-15-13)16-9-3-4-11-12(5-9)17-8-14-11/h3-5,8,10,15-16H,6-7H2,1-2H3. The van der Waals surface area contributed by atoms with E-state index in [1.165, 1.54) is 6.39 Å². The first-order chi connectivity index (χ1) is 8.12. The van der Waals surface area contributed by atoms with Crippen LogP contribution in [0, 0.1) is 0 Å². The van der Waals surface area contributed by atoms with Gasteiger partial charge in [-0.1, -0.05) is 0 Å². The van der Waals surface area contributed by atoms with Crippen LogP contribution in [0.2, 0.25) is 0 Å². The van der Waals surface area contributed by atoms with Crippen LogP contribution in [-0.4, -0.2) is 23.1 Å². The SMILES string of the molecule is CC1(C)CC(Nc2ccc3ncoc3c2)CN1. The van der Waals surface area contributed by atoms with Crippen LogP contribution in [0.1, 0.15) is 20.3 Å². The van der Waals surface area contributed by atoms with Crippen molar-refractivity contribution in [2.75, 3.05) is 11.9 Å². The van der Waals surface area contributed by atoms with Crippen molar-refractivity contribution < 1.29 is 4.42 Å². The maximum Gasteiger partial charge on any atom is 0.181 e. The summed E-state index contributed by atoms with van der Waals surface area (Å²) in [6.45, 7) is 5.46. The van der Waals surface area contributed by atoms with Crippen LogP contribution in [0.15, 0.2) is 29.0 Å². The maximum atomic E-state index is 5.30. The number of rotatable bonds is 2. The number of benzene rings is 1. The summed E-state index contributed by atoms with van der Waals surface area (Å²) >= 11 is 0. The molecule has 2 aromatic rings. The van der Waals surface area contributed by atoms with E-state index in [1.807, 2.05) is 12.1 Å². The fourth-order valence-corrected chi connectivity index (χ4v) is 2.44. The lowest BCUT2D eigenvalue weighted by molar-refractivity contribution is 0.457. The number of nitrogens with zero attached hydrogens (tertiary/aromatic N) is 1. The molecular formula is C13H17N3O. The number of anilines is 1. The smallest absolute Gasteiger partial charge is 0.181 e. The van der Waals surface area contributed by atoms with Crippen molar-refractivity contribution in [3.05, 3.63) is 24.6 Å². The van der Waals surface area contributed by atoms with Gasteiger partial charge in [0.05, 0.1) is 0 Å². The highest BCUT2D eigenvalue weighted by Crippen LogP contribution is 2.23. The molecule has 4 nitrogen and oxygen atoms in total. The van der Waals surface area contributed by atoms with Gasteiger partial charge >= 0.3 is 0 Å². The molecule has 1 aliphatic heterocycles. The molecule has 2 N–H and O–H groups in total. The van der Waals surface area contributed by atoms with Crippen molar-refractivity contribution in [2.45, 2.75) is 31.8 Å². The lowest BCUT2D eigenvalue weighted by Gasteiger charge is -2.18. The van der Waals surface area contributed by atoms with Gasteiger partial charge in [0.25, 0.3) is 0 Å². The van der Waals surface area contributed by atoms with Crippen LogP contribution >= 0.6 is 0 Å². The Labute approximate surface area is 100 Å². The van der Waals surface area contributed by atoms with Crippen molar-refractivity contribution in [1.82, 2.24) is 10.3 Å². The monoisotopic (exact) mass is 231 g/mol. The number of hydrogen-bond acceptors (Lipinski definition) is 4. The number of nitrogens with one attached hydrogen (secondary N) is 2. The summed E-state index contributed by atoms with van der Waals surface area (Å²) in [5, 5.41) is 7.03. The van der Waals surface area contributed by atoms with Crippen LogP contribution < -0.4 is 10.6 Å². The molecule has 0 radical (unpaired) electrons. The fourth-order valence-electron chi connectivity index (χ4n) is 2.44. The molecule has 1 saturated heterocycles. The highest BCUT2D eigenvalue weighted by Gasteiger charge is 2.29. The summed E-state index contributed by atoms with van der Waals surface area (Å²) in [5.41, 5.74) is 3.06. The van der Waals surface area contributed by atoms with Crippen LogP contribution in [-0.2, 0) is 0 Å². The van der Waals surface area contributed by atoms with Gasteiger partial charge in [0, 0.05) is 29.9 Å².